The number of carbonyl (C=O) groups is 2. The second-order valence-electron chi connectivity index (χ2n) is 8.64. The highest BCUT2D eigenvalue weighted by atomic mass is 16.2. The van der Waals surface area contributed by atoms with E-state index in [0.29, 0.717) is 5.56 Å². The van der Waals surface area contributed by atoms with Crippen molar-refractivity contribution < 1.29 is 9.59 Å². The lowest BCUT2D eigenvalue weighted by molar-refractivity contribution is -0.121. The predicted molar refractivity (Wildman–Crippen MR) is 122 cm³/mol. The van der Waals surface area contributed by atoms with Crippen molar-refractivity contribution in [2.24, 2.45) is 7.05 Å². The maximum Gasteiger partial charge on any atom is 0.251 e. The number of hydrogen-bond acceptors (Lipinski definition) is 3. The summed E-state index contributed by atoms with van der Waals surface area (Å²) in [7, 11) is 1.90. The van der Waals surface area contributed by atoms with E-state index < -0.39 is 0 Å². The maximum absolute atomic E-state index is 12.6. The number of aryl methyl sites for hydroxylation is 1. The molecule has 0 saturated heterocycles. The molecule has 31 heavy (non-hydrogen) atoms. The van der Waals surface area contributed by atoms with Gasteiger partial charge in [-0.05, 0) is 28.7 Å². The van der Waals surface area contributed by atoms with Gasteiger partial charge in [-0.1, -0.05) is 63.2 Å². The Morgan fingerprint density at radius 1 is 1.03 bits per heavy atom. The smallest absolute Gasteiger partial charge is 0.251 e. The van der Waals surface area contributed by atoms with Crippen LogP contribution in [-0.4, -0.2) is 27.9 Å². The molecule has 0 spiro atoms. The zero-order valence-corrected chi connectivity index (χ0v) is 18.6. The minimum Gasteiger partial charge on any atom is -0.352 e. The Labute approximate surface area is 183 Å². The van der Waals surface area contributed by atoms with Crippen molar-refractivity contribution in [3.63, 3.8) is 0 Å². The first-order chi connectivity index (χ1) is 14.8. The second kappa shape index (κ2) is 9.60. The Morgan fingerprint density at radius 2 is 1.71 bits per heavy atom. The van der Waals surface area contributed by atoms with E-state index >= 15 is 0 Å². The van der Waals surface area contributed by atoms with Crippen LogP contribution in [0.1, 0.15) is 60.5 Å². The number of imidazole rings is 1. The van der Waals surface area contributed by atoms with Gasteiger partial charge in [-0.25, -0.2) is 4.98 Å². The van der Waals surface area contributed by atoms with E-state index in [1.165, 1.54) is 5.56 Å². The monoisotopic (exact) mass is 418 g/mol. The molecule has 0 saturated carbocycles. The average Bonchev–Trinajstić information content (AvgIpc) is 3.17. The molecule has 0 fully saturated rings. The normalized spacial score (nSPS) is 12.3. The number of benzene rings is 2. The van der Waals surface area contributed by atoms with Crippen LogP contribution in [0.2, 0.25) is 0 Å². The van der Waals surface area contributed by atoms with E-state index in [0.717, 1.165) is 11.4 Å². The van der Waals surface area contributed by atoms with Crippen LogP contribution < -0.4 is 10.6 Å². The molecule has 2 aromatic carbocycles. The summed E-state index contributed by atoms with van der Waals surface area (Å²) in [5, 5.41) is 5.87. The van der Waals surface area contributed by atoms with Gasteiger partial charge in [-0.15, -0.1) is 0 Å². The SMILES string of the molecule is Cn1ccnc1C(NC(=O)CCNC(=O)c1ccc(C(C)(C)C)cc1)c1ccccc1. The lowest BCUT2D eigenvalue weighted by atomic mass is 9.87. The molecule has 2 amide bonds. The standard InChI is InChI=1S/C25H30N4O2/c1-25(2,3)20-12-10-19(11-13-20)24(31)27-15-14-21(30)28-22(18-8-6-5-7-9-18)23-26-16-17-29(23)4/h5-13,16-17,22H,14-15H2,1-4H3,(H,27,31)(H,28,30). The largest absolute Gasteiger partial charge is 0.352 e. The molecule has 0 aliphatic carbocycles. The van der Waals surface area contributed by atoms with Crippen LogP contribution in [0.25, 0.3) is 0 Å². The summed E-state index contributed by atoms with van der Waals surface area (Å²) in [6.07, 6.45) is 3.74. The molecule has 2 N–H and O–H groups in total. The van der Waals surface area contributed by atoms with E-state index in [-0.39, 0.29) is 36.2 Å². The summed E-state index contributed by atoms with van der Waals surface area (Å²) in [5.74, 6) is 0.416. The van der Waals surface area contributed by atoms with Gasteiger partial charge in [0, 0.05) is 38.0 Å². The van der Waals surface area contributed by atoms with Gasteiger partial charge in [0.25, 0.3) is 5.91 Å². The summed E-state index contributed by atoms with van der Waals surface area (Å²) in [6, 6.07) is 17.0. The highest BCUT2D eigenvalue weighted by Crippen LogP contribution is 2.22. The first kappa shape index (κ1) is 22.3. The zero-order valence-electron chi connectivity index (χ0n) is 18.6. The highest BCUT2D eigenvalue weighted by Gasteiger charge is 2.20. The summed E-state index contributed by atoms with van der Waals surface area (Å²) >= 11 is 0. The molecule has 6 heteroatoms. The predicted octanol–water partition coefficient (Wildman–Crippen LogP) is 3.74. The molecule has 0 bridgehead atoms. The molecule has 0 radical (unpaired) electrons. The molecule has 6 nitrogen and oxygen atoms in total. The van der Waals surface area contributed by atoms with Crippen molar-refractivity contribution in [1.82, 2.24) is 20.2 Å². The van der Waals surface area contributed by atoms with Crippen LogP contribution in [0.3, 0.4) is 0 Å². The van der Waals surface area contributed by atoms with Crippen LogP contribution in [0, 0.1) is 0 Å². The zero-order chi connectivity index (χ0) is 22.4. The van der Waals surface area contributed by atoms with Crippen LogP contribution in [0.15, 0.2) is 67.0 Å². The summed E-state index contributed by atoms with van der Waals surface area (Å²) in [6.45, 7) is 6.66. The van der Waals surface area contributed by atoms with E-state index in [1.807, 2.05) is 72.4 Å². The van der Waals surface area contributed by atoms with E-state index in [1.54, 1.807) is 6.20 Å². The van der Waals surface area contributed by atoms with E-state index in [4.69, 9.17) is 0 Å². The summed E-state index contributed by atoms with van der Waals surface area (Å²) in [4.78, 5) is 29.4. The number of nitrogens with zero attached hydrogens (tertiary/aromatic N) is 2. The average molecular weight is 419 g/mol. The van der Waals surface area contributed by atoms with Gasteiger partial charge in [-0.3, -0.25) is 9.59 Å². The van der Waals surface area contributed by atoms with Gasteiger partial charge in [0.15, 0.2) is 0 Å². The molecule has 1 heterocycles. The molecule has 1 atom stereocenters. The molecule has 3 aromatic rings. The third-order valence-electron chi connectivity index (χ3n) is 5.21. The van der Waals surface area contributed by atoms with Crippen molar-refractivity contribution in [3.05, 3.63) is 89.5 Å². The number of rotatable bonds is 7. The van der Waals surface area contributed by atoms with E-state index in [9.17, 15) is 9.59 Å². The lowest BCUT2D eigenvalue weighted by Gasteiger charge is -2.19. The van der Waals surface area contributed by atoms with Crippen molar-refractivity contribution in [2.45, 2.75) is 38.6 Å². The molecule has 1 unspecified atom stereocenters. The molecule has 162 valence electrons. The van der Waals surface area contributed by atoms with Crippen molar-refractivity contribution in [1.29, 1.82) is 0 Å². The second-order valence-corrected chi connectivity index (χ2v) is 8.64. The number of nitrogens with one attached hydrogen (secondary N) is 2. The third-order valence-corrected chi connectivity index (χ3v) is 5.21. The fourth-order valence-corrected chi connectivity index (χ4v) is 3.34. The highest BCUT2D eigenvalue weighted by molar-refractivity contribution is 5.94. The van der Waals surface area contributed by atoms with Crippen LogP contribution in [0.4, 0.5) is 0 Å². The Morgan fingerprint density at radius 3 is 2.29 bits per heavy atom. The summed E-state index contributed by atoms with van der Waals surface area (Å²) < 4.78 is 1.89. The Hall–Kier alpha value is -3.41. The summed E-state index contributed by atoms with van der Waals surface area (Å²) in [5.41, 5.74) is 2.75. The van der Waals surface area contributed by atoms with Gasteiger partial charge < -0.3 is 15.2 Å². The van der Waals surface area contributed by atoms with Gasteiger partial charge in [0.05, 0.1) is 0 Å². The molecule has 3 rings (SSSR count). The van der Waals surface area contributed by atoms with Crippen LogP contribution >= 0.6 is 0 Å². The van der Waals surface area contributed by atoms with Crippen molar-refractivity contribution in [2.75, 3.05) is 6.54 Å². The lowest BCUT2D eigenvalue weighted by Crippen LogP contribution is -2.34. The van der Waals surface area contributed by atoms with Gasteiger partial charge in [-0.2, -0.15) is 0 Å². The van der Waals surface area contributed by atoms with Crippen LogP contribution in [-0.2, 0) is 17.3 Å². The number of aromatic nitrogens is 2. The molecule has 0 aliphatic heterocycles. The maximum atomic E-state index is 12.6. The van der Waals surface area contributed by atoms with Crippen molar-refractivity contribution in [3.8, 4) is 0 Å². The Bertz CT molecular complexity index is 1020. The quantitative estimate of drug-likeness (QED) is 0.614. The van der Waals surface area contributed by atoms with Crippen molar-refractivity contribution >= 4 is 11.8 Å². The molecular weight excluding hydrogens is 388 g/mol. The Balaban J connectivity index is 1.57. The van der Waals surface area contributed by atoms with Gasteiger partial charge >= 0.3 is 0 Å². The fourth-order valence-electron chi connectivity index (χ4n) is 3.34. The minimum atomic E-state index is -0.352. The number of amides is 2. The van der Waals surface area contributed by atoms with Gasteiger partial charge in [0.1, 0.15) is 11.9 Å². The minimum absolute atomic E-state index is 0.0373. The Kier molecular flexibility index (Phi) is 6.90. The topological polar surface area (TPSA) is 76.0 Å². The third kappa shape index (κ3) is 5.81. The van der Waals surface area contributed by atoms with Crippen LogP contribution in [0.5, 0.6) is 0 Å². The number of carbonyl (C=O) groups excluding carboxylic acids is 2. The first-order valence-electron chi connectivity index (χ1n) is 10.5. The molecule has 0 aliphatic rings. The molecular formula is C25H30N4O2. The molecule has 1 aromatic heterocycles. The van der Waals surface area contributed by atoms with E-state index in [2.05, 4.69) is 36.4 Å². The number of hydrogen-bond donors (Lipinski definition) is 2. The van der Waals surface area contributed by atoms with Gasteiger partial charge in [0.2, 0.25) is 5.91 Å². The fraction of sp³-hybridized carbons (Fsp3) is 0.320. The first-order valence-corrected chi connectivity index (χ1v) is 10.5.